The highest BCUT2D eigenvalue weighted by atomic mass is 35.5. The van der Waals surface area contributed by atoms with E-state index in [9.17, 15) is 8.42 Å². The van der Waals surface area contributed by atoms with E-state index < -0.39 is 9.84 Å². The van der Waals surface area contributed by atoms with Crippen LogP contribution in [0.25, 0.3) is 0 Å². The van der Waals surface area contributed by atoms with Crippen molar-refractivity contribution in [1.29, 1.82) is 0 Å². The number of benzene rings is 1. The highest BCUT2D eigenvalue weighted by Crippen LogP contribution is 2.27. The van der Waals surface area contributed by atoms with Gasteiger partial charge in [0.1, 0.15) is 0 Å². The van der Waals surface area contributed by atoms with E-state index in [1.165, 1.54) is 0 Å². The molecule has 1 aliphatic heterocycles. The average Bonchev–Trinajstić information content (AvgIpc) is 2.40. The van der Waals surface area contributed by atoms with Crippen molar-refractivity contribution >= 4 is 32.8 Å². The van der Waals surface area contributed by atoms with E-state index in [1.807, 2.05) is 11.0 Å². The molecule has 0 radical (unpaired) electrons. The summed E-state index contributed by atoms with van der Waals surface area (Å²) in [5, 5.41) is 0.591. The summed E-state index contributed by atoms with van der Waals surface area (Å²) in [4.78, 5) is 2.01. The van der Waals surface area contributed by atoms with Gasteiger partial charge in [-0.3, -0.25) is 0 Å². The van der Waals surface area contributed by atoms with Gasteiger partial charge in [-0.1, -0.05) is 11.6 Å². The number of anilines is 2. The monoisotopic (exact) mass is 274 g/mol. The first kappa shape index (κ1) is 12.5. The van der Waals surface area contributed by atoms with Crippen molar-refractivity contribution in [2.45, 2.75) is 6.42 Å². The molecule has 2 N–H and O–H groups in total. The Morgan fingerprint density at radius 2 is 2.00 bits per heavy atom. The number of nitrogen functional groups attached to an aromatic ring is 1. The van der Waals surface area contributed by atoms with Gasteiger partial charge in [0.15, 0.2) is 9.84 Å². The van der Waals surface area contributed by atoms with Crippen LogP contribution in [0.2, 0.25) is 5.02 Å². The summed E-state index contributed by atoms with van der Waals surface area (Å²) in [6.07, 6.45) is 0.643. The molecule has 4 nitrogen and oxygen atoms in total. The molecule has 0 bridgehead atoms. The zero-order chi connectivity index (χ0) is 12.5. The first-order valence-corrected chi connectivity index (χ1v) is 7.68. The normalized spacial score (nSPS) is 19.9. The maximum atomic E-state index is 11.5. The van der Waals surface area contributed by atoms with Crippen LogP contribution < -0.4 is 10.6 Å². The molecule has 94 valence electrons. The van der Waals surface area contributed by atoms with Crippen molar-refractivity contribution in [3.8, 4) is 0 Å². The molecule has 6 heteroatoms. The Hall–Kier alpha value is -0.940. The summed E-state index contributed by atoms with van der Waals surface area (Å²) in [6.45, 7) is 1.21. The third kappa shape index (κ3) is 3.04. The van der Waals surface area contributed by atoms with Crippen molar-refractivity contribution in [1.82, 2.24) is 0 Å². The van der Waals surface area contributed by atoms with Crippen LogP contribution in [0.15, 0.2) is 18.2 Å². The average molecular weight is 275 g/mol. The zero-order valence-corrected chi connectivity index (χ0v) is 11.0. The Kier molecular flexibility index (Phi) is 3.49. The SMILES string of the molecule is Nc1cc(Cl)ccc1N1CCCS(=O)(=O)CC1. The van der Waals surface area contributed by atoms with E-state index in [2.05, 4.69) is 0 Å². The van der Waals surface area contributed by atoms with Crippen molar-refractivity contribution in [2.24, 2.45) is 0 Å². The fraction of sp³-hybridized carbons (Fsp3) is 0.455. The highest BCUT2D eigenvalue weighted by Gasteiger charge is 2.20. The molecule has 0 amide bonds. The number of nitrogens with two attached hydrogens (primary N) is 1. The summed E-state index contributed by atoms with van der Waals surface area (Å²) in [6, 6.07) is 5.30. The first-order chi connectivity index (χ1) is 7.98. The number of nitrogens with zero attached hydrogens (tertiary/aromatic N) is 1. The smallest absolute Gasteiger partial charge is 0.152 e. The molecular formula is C11H15ClN2O2S. The molecule has 1 saturated heterocycles. The van der Waals surface area contributed by atoms with Gasteiger partial charge < -0.3 is 10.6 Å². The van der Waals surface area contributed by atoms with Gasteiger partial charge in [0, 0.05) is 18.1 Å². The number of sulfone groups is 1. The fourth-order valence-electron chi connectivity index (χ4n) is 1.99. The minimum Gasteiger partial charge on any atom is -0.397 e. The second-order valence-electron chi connectivity index (χ2n) is 4.20. The number of hydrogen-bond donors (Lipinski definition) is 1. The van der Waals surface area contributed by atoms with Crippen LogP contribution in [0.4, 0.5) is 11.4 Å². The lowest BCUT2D eigenvalue weighted by Gasteiger charge is -2.23. The zero-order valence-electron chi connectivity index (χ0n) is 9.39. The quantitative estimate of drug-likeness (QED) is 0.789. The van der Waals surface area contributed by atoms with Crippen molar-refractivity contribution < 1.29 is 8.42 Å². The largest absolute Gasteiger partial charge is 0.397 e. The van der Waals surface area contributed by atoms with Gasteiger partial charge in [0.05, 0.1) is 22.9 Å². The summed E-state index contributed by atoms with van der Waals surface area (Å²) >= 11 is 5.84. The lowest BCUT2D eigenvalue weighted by molar-refractivity contribution is 0.597. The van der Waals surface area contributed by atoms with Gasteiger partial charge in [-0.15, -0.1) is 0 Å². The van der Waals surface area contributed by atoms with Crippen LogP contribution in [-0.2, 0) is 9.84 Å². The molecule has 1 aromatic rings. The molecule has 1 fully saturated rings. The molecule has 0 atom stereocenters. The Morgan fingerprint density at radius 1 is 1.24 bits per heavy atom. The standard InChI is InChI=1S/C11H15ClN2O2S/c12-9-2-3-11(10(13)8-9)14-4-1-6-17(15,16)7-5-14/h2-3,8H,1,4-7,13H2. The van der Waals surface area contributed by atoms with E-state index in [4.69, 9.17) is 17.3 Å². The molecule has 0 spiro atoms. The molecular weight excluding hydrogens is 260 g/mol. The Morgan fingerprint density at radius 3 is 2.71 bits per heavy atom. The number of hydrogen-bond acceptors (Lipinski definition) is 4. The number of halogens is 1. The number of rotatable bonds is 1. The van der Waals surface area contributed by atoms with Gasteiger partial charge in [-0.05, 0) is 24.6 Å². The molecule has 1 heterocycles. The third-order valence-electron chi connectivity index (χ3n) is 2.89. The molecule has 0 saturated carbocycles. The lowest BCUT2D eigenvalue weighted by atomic mass is 10.2. The molecule has 0 unspecified atom stereocenters. The second-order valence-corrected chi connectivity index (χ2v) is 6.94. The van der Waals surface area contributed by atoms with Crippen LogP contribution in [-0.4, -0.2) is 33.0 Å². The molecule has 0 aliphatic carbocycles. The Labute approximate surface area is 106 Å². The van der Waals surface area contributed by atoms with Crippen LogP contribution in [0, 0.1) is 0 Å². The molecule has 1 aromatic carbocycles. The van der Waals surface area contributed by atoms with Crippen LogP contribution in [0.5, 0.6) is 0 Å². The van der Waals surface area contributed by atoms with Gasteiger partial charge >= 0.3 is 0 Å². The van der Waals surface area contributed by atoms with E-state index in [1.54, 1.807) is 12.1 Å². The van der Waals surface area contributed by atoms with Gasteiger partial charge in [-0.2, -0.15) is 0 Å². The Balaban J connectivity index is 2.23. The van der Waals surface area contributed by atoms with Crippen molar-refractivity contribution in [2.75, 3.05) is 35.2 Å². The molecule has 17 heavy (non-hydrogen) atoms. The third-order valence-corrected chi connectivity index (χ3v) is 4.84. The van der Waals surface area contributed by atoms with Crippen LogP contribution in [0.1, 0.15) is 6.42 Å². The Bertz CT molecular complexity index is 516. The topological polar surface area (TPSA) is 63.4 Å². The maximum Gasteiger partial charge on any atom is 0.152 e. The molecule has 2 rings (SSSR count). The molecule has 1 aliphatic rings. The van der Waals surface area contributed by atoms with E-state index in [0.29, 0.717) is 30.2 Å². The maximum absolute atomic E-state index is 11.5. The predicted molar refractivity (Wildman–Crippen MR) is 71.3 cm³/mol. The summed E-state index contributed by atoms with van der Waals surface area (Å²) in [5.74, 6) is 0.450. The van der Waals surface area contributed by atoms with Gasteiger partial charge in [0.2, 0.25) is 0 Å². The van der Waals surface area contributed by atoms with E-state index >= 15 is 0 Å². The summed E-state index contributed by atoms with van der Waals surface area (Å²) < 4.78 is 23.0. The van der Waals surface area contributed by atoms with E-state index in [0.717, 1.165) is 5.69 Å². The lowest BCUT2D eigenvalue weighted by Crippen LogP contribution is -2.27. The van der Waals surface area contributed by atoms with Crippen molar-refractivity contribution in [3.63, 3.8) is 0 Å². The van der Waals surface area contributed by atoms with Crippen LogP contribution >= 0.6 is 11.6 Å². The highest BCUT2D eigenvalue weighted by molar-refractivity contribution is 7.91. The van der Waals surface area contributed by atoms with Gasteiger partial charge in [-0.25, -0.2) is 8.42 Å². The second kappa shape index (κ2) is 4.74. The summed E-state index contributed by atoms with van der Waals surface area (Å²) in [5.41, 5.74) is 7.36. The summed E-state index contributed by atoms with van der Waals surface area (Å²) in [7, 11) is -2.89. The van der Waals surface area contributed by atoms with Crippen LogP contribution in [0.3, 0.4) is 0 Å². The minimum atomic E-state index is -2.89. The minimum absolute atomic E-state index is 0.190. The van der Waals surface area contributed by atoms with E-state index in [-0.39, 0.29) is 11.5 Å². The molecule has 0 aromatic heterocycles. The first-order valence-electron chi connectivity index (χ1n) is 5.48. The fourth-order valence-corrected chi connectivity index (χ4v) is 3.44. The van der Waals surface area contributed by atoms with Gasteiger partial charge in [0.25, 0.3) is 0 Å². The van der Waals surface area contributed by atoms with Crippen molar-refractivity contribution in [3.05, 3.63) is 23.2 Å². The predicted octanol–water partition coefficient (Wildman–Crippen LogP) is 1.55.